The Morgan fingerprint density at radius 1 is 0.923 bits per heavy atom. The molecule has 0 aromatic rings. The van der Waals surface area contributed by atoms with Gasteiger partial charge < -0.3 is 23.9 Å². The summed E-state index contributed by atoms with van der Waals surface area (Å²) in [7, 11) is 0. The van der Waals surface area contributed by atoms with E-state index in [1.807, 2.05) is 0 Å². The van der Waals surface area contributed by atoms with E-state index in [1.54, 1.807) is 0 Å². The SMILES string of the molecule is C[C-](C)C.C[C-](C)C.[CH2-]CO.[U+2].[V]. The van der Waals surface area contributed by atoms with Crippen molar-refractivity contribution in [3.8, 4) is 0 Å². The zero-order chi connectivity index (χ0) is 9.86. The number of aliphatic hydroxyl groups excluding tert-OH is 1. The predicted molar refractivity (Wildman–Crippen MR) is 53.0 cm³/mol. The molecule has 0 aliphatic rings. The third kappa shape index (κ3) is 717. The minimum absolute atomic E-state index is 0. The fraction of sp³-hybridized carbons (Fsp3) is 0.700. The Morgan fingerprint density at radius 2 is 0.923 bits per heavy atom. The van der Waals surface area contributed by atoms with E-state index in [2.05, 4.69) is 48.5 Å². The van der Waals surface area contributed by atoms with E-state index >= 15 is 0 Å². The van der Waals surface area contributed by atoms with Crippen LogP contribution in [0, 0.1) is 49.9 Å². The molecular formula is C10H23OUV-. The topological polar surface area (TPSA) is 20.2 Å². The second-order valence-electron chi connectivity index (χ2n) is 3.22. The third-order valence-corrected chi connectivity index (χ3v) is 0. The van der Waals surface area contributed by atoms with Gasteiger partial charge in [0, 0.05) is 18.6 Å². The first-order valence-electron chi connectivity index (χ1n) is 3.82. The van der Waals surface area contributed by atoms with Crippen molar-refractivity contribution in [1.29, 1.82) is 0 Å². The van der Waals surface area contributed by atoms with Crippen molar-refractivity contribution < 1.29 is 54.8 Å². The third-order valence-electron chi connectivity index (χ3n) is 0. The molecule has 0 heterocycles. The van der Waals surface area contributed by atoms with Crippen molar-refractivity contribution in [3.63, 3.8) is 0 Å². The summed E-state index contributed by atoms with van der Waals surface area (Å²) in [6, 6.07) is 0. The first kappa shape index (κ1) is 29.3. The maximum Gasteiger partial charge on any atom is 2.00 e. The molecule has 0 aromatic carbocycles. The normalized spacial score (nSPS) is 6.92. The summed E-state index contributed by atoms with van der Waals surface area (Å²) in [5.41, 5.74) is 0. The van der Waals surface area contributed by atoms with Gasteiger partial charge in [0.2, 0.25) is 0 Å². The van der Waals surface area contributed by atoms with Gasteiger partial charge in [-0.05, 0) is 0 Å². The molecule has 0 fully saturated rings. The van der Waals surface area contributed by atoms with E-state index in [9.17, 15) is 0 Å². The van der Waals surface area contributed by atoms with Crippen LogP contribution < -0.4 is 0 Å². The first-order valence-corrected chi connectivity index (χ1v) is 3.82. The molecule has 0 aliphatic carbocycles. The summed E-state index contributed by atoms with van der Waals surface area (Å²) in [6.45, 7) is 15.5. The maximum absolute atomic E-state index is 7.46. The smallest absolute Gasteiger partial charge is 0.428 e. The molecular weight excluding hydrogens is 425 g/mol. The molecule has 0 bridgehead atoms. The maximum atomic E-state index is 7.46. The zero-order valence-electron chi connectivity index (χ0n) is 9.81. The molecule has 1 nitrogen and oxygen atoms in total. The van der Waals surface area contributed by atoms with Gasteiger partial charge >= 0.3 is 31.1 Å². The fourth-order valence-electron chi connectivity index (χ4n) is 0. The molecule has 79 valence electrons. The van der Waals surface area contributed by atoms with Crippen molar-refractivity contribution in [3.05, 3.63) is 18.8 Å². The number of hydrogen-bond donors (Lipinski definition) is 1. The molecule has 1 radical (unpaired) electrons. The summed E-state index contributed by atoms with van der Waals surface area (Å²) in [4.78, 5) is 0. The molecule has 0 rings (SSSR count). The number of aliphatic hydroxyl groups is 1. The Labute approximate surface area is 121 Å². The van der Waals surface area contributed by atoms with Gasteiger partial charge in [0.15, 0.2) is 0 Å². The summed E-state index contributed by atoms with van der Waals surface area (Å²) >= 11 is 0. The Bertz CT molecular complexity index is 38.7. The van der Waals surface area contributed by atoms with Crippen LogP contribution >= 0.6 is 0 Å². The van der Waals surface area contributed by atoms with Crippen molar-refractivity contribution in [2.24, 2.45) is 0 Å². The van der Waals surface area contributed by atoms with Gasteiger partial charge in [-0.1, -0.05) is 6.61 Å². The van der Waals surface area contributed by atoms with Crippen LogP contribution in [-0.2, 0) is 18.6 Å². The van der Waals surface area contributed by atoms with E-state index in [1.165, 1.54) is 11.8 Å². The van der Waals surface area contributed by atoms with E-state index in [4.69, 9.17) is 5.11 Å². The van der Waals surface area contributed by atoms with E-state index < -0.39 is 0 Å². The fourth-order valence-corrected chi connectivity index (χ4v) is 0. The van der Waals surface area contributed by atoms with Crippen LogP contribution in [0.5, 0.6) is 0 Å². The zero-order valence-corrected chi connectivity index (χ0v) is 15.4. The minimum Gasteiger partial charge on any atom is -0.428 e. The Hall–Kier alpha value is 1.60. The van der Waals surface area contributed by atoms with Gasteiger partial charge in [-0.2, -0.15) is 41.5 Å². The minimum atomic E-state index is 0. The van der Waals surface area contributed by atoms with Crippen LogP contribution in [0.3, 0.4) is 0 Å². The summed E-state index contributed by atoms with van der Waals surface area (Å²) in [5, 5.41) is 7.46. The average Bonchev–Trinajstić information content (AvgIpc) is 1.60. The first-order chi connectivity index (χ1) is 4.88. The predicted octanol–water partition coefficient (Wildman–Crippen LogP) is 3.05. The van der Waals surface area contributed by atoms with Crippen molar-refractivity contribution in [2.75, 3.05) is 6.61 Å². The van der Waals surface area contributed by atoms with E-state index in [0.29, 0.717) is 0 Å². The molecule has 0 saturated carbocycles. The molecule has 1 N–H and O–H groups in total. The van der Waals surface area contributed by atoms with Crippen LogP contribution in [0.2, 0.25) is 0 Å². The molecule has 0 spiro atoms. The Kier molecular flexibility index (Phi) is 65.8. The van der Waals surface area contributed by atoms with Gasteiger partial charge in [0.1, 0.15) is 0 Å². The van der Waals surface area contributed by atoms with Gasteiger partial charge in [-0.3, -0.25) is 0 Å². The van der Waals surface area contributed by atoms with Crippen molar-refractivity contribution >= 4 is 0 Å². The molecule has 0 aromatic heterocycles. The summed E-state index contributed by atoms with van der Waals surface area (Å²) < 4.78 is 0. The van der Waals surface area contributed by atoms with Crippen LogP contribution in [0.4, 0.5) is 0 Å². The Balaban J connectivity index is -0.0000000231. The summed E-state index contributed by atoms with van der Waals surface area (Å²) in [6.07, 6.45) is 0. The average molecular weight is 448 g/mol. The second-order valence-corrected chi connectivity index (χ2v) is 3.22. The van der Waals surface area contributed by atoms with Gasteiger partial charge in [-0.15, -0.1) is 0 Å². The molecule has 0 unspecified atom stereocenters. The van der Waals surface area contributed by atoms with Crippen molar-refractivity contribution in [1.82, 2.24) is 0 Å². The quantitative estimate of drug-likeness (QED) is 0.565. The van der Waals surface area contributed by atoms with Crippen molar-refractivity contribution in [2.45, 2.75) is 41.5 Å². The number of hydrogen-bond acceptors (Lipinski definition) is 1. The monoisotopic (exact) mass is 448 g/mol. The van der Waals surface area contributed by atoms with E-state index in [0.717, 1.165) is 0 Å². The summed E-state index contributed by atoms with van der Waals surface area (Å²) in [5.74, 6) is 2.83. The molecule has 0 saturated heterocycles. The number of rotatable bonds is 0. The van der Waals surface area contributed by atoms with Crippen LogP contribution in [0.15, 0.2) is 0 Å². The molecule has 0 atom stereocenters. The van der Waals surface area contributed by atoms with Gasteiger partial charge in [-0.25, -0.2) is 0 Å². The van der Waals surface area contributed by atoms with E-state index in [-0.39, 0.29) is 56.3 Å². The van der Waals surface area contributed by atoms with Gasteiger partial charge in [0.05, 0.1) is 0 Å². The van der Waals surface area contributed by atoms with Crippen LogP contribution in [-0.4, -0.2) is 11.7 Å². The molecule has 0 amide bonds. The van der Waals surface area contributed by atoms with Crippen LogP contribution in [0.1, 0.15) is 41.5 Å². The van der Waals surface area contributed by atoms with Gasteiger partial charge in [0.25, 0.3) is 0 Å². The standard InChI is InChI=1S/2C4H9.C2H5O.U.V/c2*1-4(2)3;1-2-3;;/h2*1-3H3;3H,1-2H2;;/q3*-1;+2;. The molecule has 0 aliphatic heterocycles. The second kappa shape index (κ2) is 29.2. The molecule has 3 heteroatoms. The molecule has 13 heavy (non-hydrogen) atoms. The Morgan fingerprint density at radius 3 is 0.923 bits per heavy atom. The van der Waals surface area contributed by atoms with Crippen LogP contribution in [0.25, 0.3) is 0 Å². The largest absolute Gasteiger partial charge is 2.00 e.